The van der Waals surface area contributed by atoms with Gasteiger partial charge in [0.2, 0.25) is 11.8 Å². The average Bonchev–Trinajstić information content (AvgIpc) is 2.83. The molecule has 0 spiro atoms. The summed E-state index contributed by atoms with van der Waals surface area (Å²) in [6.07, 6.45) is 22.3. The van der Waals surface area contributed by atoms with Crippen LogP contribution < -0.4 is 10.6 Å². The van der Waals surface area contributed by atoms with Crippen LogP contribution in [0.4, 0.5) is 0 Å². The van der Waals surface area contributed by atoms with Crippen molar-refractivity contribution in [2.24, 2.45) is 0 Å². The van der Waals surface area contributed by atoms with Gasteiger partial charge >= 0.3 is 0 Å². The molecule has 6 heteroatoms. The van der Waals surface area contributed by atoms with E-state index in [1.807, 2.05) is 0 Å². The number of nitrogens with one attached hydrogen (secondary N) is 2. The van der Waals surface area contributed by atoms with Gasteiger partial charge in [-0.3, -0.25) is 9.59 Å². The second kappa shape index (κ2) is 28.1. The molecule has 0 aliphatic heterocycles. The van der Waals surface area contributed by atoms with E-state index in [-0.39, 0.29) is 18.4 Å². The van der Waals surface area contributed by atoms with Crippen LogP contribution in [0.1, 0.15) is 135 Å². The van der Waals surface area contributed by atoms with Gasteiger partial charge < -0.3 is 20.5 Å². The minimum absolute atomic E-state index is 0.0781. The second-order valence-electron chi connectivity index (χ2n) is 9.55. The zero-order valence-corrected chi connectivity index (χ0v) is 22.3. The SMILES string of the molecule is CCCCCCCCCCCCOCCCNC(=O)CCCCCCCCC(=O)NCCCO. The van der Waals surface area contributed by atoms with Crippen molar-refractivity contribution < 1.29 is 19.4 Å². The van der Waals surface area contributed by atoms with E-state index in [4.69, 9.17) is 9.84 Å². The van der Waals surface area contributed by atoms with Crippen LogP contribution in [-0.4, -0.2) is 49.8 Å². The maximum Gasteiger partial charge on any atom is 0.219 e. The lowest BCUT2D eigenvalue weighted by Gasteiger charge is -2.07. The summed E-state index contributed by atoms with van der Waals surface area (Å²) in [5.41, 5.74) is 0. The molecule has 0 aliphatic rings. The Bertz CT molecular complexity index is 446. The van der Waals surface area contributed by atoms with Crippen molar-refractivity contribution in [2.75, 3.05) is 32.9 Å². The third kappa shape index (κ3) is 27.1. The molecule has 3 N–H and O–H groups in total. The van der Waals surface area contributed by atoms with E-state index < -0.39 is 0 Å². The van der Waals surface area contributed by atoms with Crippen molar-refractivity contribution in [3.05, 3.63) is 0 Å². The van der Waals surface area contributed by atoms with E-state index in [0.717, 1.165) is 64.6 Å². The van der Waals surface area contributed by atoms with E-state index >= 15 is 0 Å². The second-order valence-corrected chi connectivity index (χ2v) is 9.55. The Morgan fingerprint density at radius 3 is 1.47 bits per heavy atom. The molecule has 0 aliphatic carbocycles. The molecular weight excluding hydrogens is 428 g/mol. The number of amides is 2. The van der Waals surface area contributed by atoms with E-state index in [2.05, 4.69) is 17.6 Å². The fraction of sp³-hybridized carbons (Fsp3) is 0.929. The molecule has 2 amide bonds. The van der Waals surface area contributed by atoms with Crippen molar-refractivity contribution in [3.8, 4) is 0 Å². The highest BCUT2D eigenvalue weighted by atomic mass is 16.5. The zero-order valence-electron chi connectivity index (χ0n) is 22.3. The number of aliphatic hydroxyl groups is 1. The van der Waals surface area contributed by atoms with Gasteiger partial charge in [0, 0.05) is 45.8 Å². The van der Waals surface area contributed by atoms with Gasteiger partial charge in [0.1, 0.15) is 0 Å². The maximum atomic E-state index is 11.9. The van der Waals surface area contributed by atoms with Crippen LogP contribution in [0, 0.1) is 0 Å². The fourth-order valence-electron chi connectivity index (χ4n) is 3.96. The quantitative estimate of drug-likeness (QED) is 0.124. The van der Waals surface area contributed by atoms with Gasteiger partial charge in [-0.15, -0.1) is 0 Å². The number of hydrogen-bond acceptors (Lipinski definition) is 4. The van der Waals surface area contributed by atoms with E-state index in [1.165, 1.54) is 57.8 Å². The normalized spacial score (nSPS) is 11.0. The van der Waals surface area contributed by atoms with Crippen LogP contribution in [0.3, 0.4) is 0 Å². The van der Waals surface area contributed by atoms with Crippen LogP contribution in [0.5, 0.6) is 0 Å². The summed E-state index contributed by atoms with van der Waals surface area (Å²) in [5, 5.41) is 14.5. The van der Waals surface area contributed by atoms with E-state index in [9.17, 15) is 9.59 Å². The van der Waals surface area contributed by atoms with Crippen LogP contribution in [0.15, 0.2) is 0 Å². The molecule has 34 heavy (non-hydrogen) atoms. The first kappa shape index (κ1) is 32.9. The Morgan fingerprint density at radius 1 is 0.559 bits per heavy atom. The van der Waals surface area contributed by atoms with Crippen LogP contribution >= 0.6 is 0 Å². The van der Waals surface area contributed by atoms with Crippen LogP contribution in [0.2, 0.25) is 0 Å². The molecule has 0 bridgehead atoms. The summed E-state index contributed by atoms with van der Waals surface area (Å²) in [6, 6.07) is 0. The molecule has 0 atom stereocenters. The average molecular weight is 485 g/mol. The van der Waals surface area contributed by atoms with Crippen molar-refractivity contribution in [3.63, 3.8) is 0 Å². The fourth-order valence-corrected chi connectivity index (χ4v) is 3.96. The molecular formula is C28H56N2O4. The van der Waals surface area contributed by atoms with Crippen molar-refractivity contribution in [1.29, 1.82) is 0 Å². The molecule has 0 saturated carbocycles. The van der Waals surface area contributed by atoms with Crippen molar-refractivity contribution >= 4 is 11.8 Å². The maximum absolute atomic E-state index is 11.9. The third-order valence-electron chi connectivity index (χ3n) is 6.14. The summed E-state index contributed by atoms with van der Waals surface area (Å²) in [5.74, 6) is 0.226. The number of carbonyl (C=O) groups is 2. The Balaban J connectivity index is 3.21. The lowest BCUT2D eigenvalue weighted by atomic mass is 10.1. The molecule has 0 radical (unpaired) electrons. The predicted molar refractivity (Wildman–Crippen MR) is 142 cm³/mol. The standard InChI is InChI=1S/C28H56N2O4/c1-2-3-4-5-6-7-8-11-14-17-25-34-26-19-23-30-28(33)21-16-13-10-9-12-15-20-27(32)29-22-18-24-31/h31H,2-26H2,1H3,(H,29,32)(H,30,33). The monoisotopic (exact) mass is 484 g/mol. The first-order chi connectivity index (χ1) is 16.7. The lowest BCUT2D eigenvalue weighted by Crippen LogP contribution is -2.24. The van der Waals surface area contributed by atoms with Gasteiger partial charge in [-0.1, -0.05) is 90.4 Å². The predicted octanol–water partition coefficient (Wildman–Crippen LogP) is 6.05. The molecule has 0 aromatic rings. The molecule has 0 unspecified atom stereocenters. The third-order valence-corrected chi connectivity index (χ3v) is 6.14. The molecule has 0 heterocycles. The molecule has 0 fully saturated rings. The Kier molecular flexibility index (Phi) is 27.2. The van der Waals surface area contributed by atoms with Gasteiger partial charge in [0.15, 0.2) is 0 Å². The lowest BCUT2D eigenvalue weighted by molar-refractivity contribution is -0.122. The molecule has 6 nitrogen and oxygen atoms in total. The van der Waals surface area contributed by atoms with Gasteiger partial charge in [0.25, 0.3) is 0 Å². The molecule has 0 saturated heterocycles. The number of ether oxygens (including phenoxy) is 1. The molecule has 0 aromatic carbocycles. The number of unbranched alkanes of at least 4 members (excludes halogenated alkanes) is 14. The van der Waals surface area contributed by atoms with Crippen molar-refractivity contribution in [2.45, 2.75) is 135 Å². The van der Waals surface area contributed by atoms with E-state index in [1.54, 1.807) is 0 Å². The zero-order chi connectivity index (χ0) is 25.0. The summed E-state index contributed by atoms with van der Waals surface area (Å²) in [6.45, 7) is 5.23. The number of aliphatic hydroxyl groups excluding tert-OH is 1. The Labute approximate surface area is 210 Å². The van der Waals surface area contributed by atoms with Gasteiger partial charge in [-0.2, -0.15) is 0 Å². The largest absolute Gasteiger partial charge is 0.396 e. The minimum atomic E-state index is 0.0781. The summed E-state index contributed by atoms with van der Waals surface area (Å²) in [4.78, 5) is 23.4. The van der Waals surface area contributed by atoms with Crippen LogP contribution in [0.25, 0.3) is 0 Å². The number of rotatable bonds is 27. The molecule has 0 rings (SSSR count). The highest BCUT2D eigenvalue weighted by Gasteiger charge is 2.02. The van der Waals surface area contributed by atoms with Crippen LogP contribution in [-0.2, 0) is 14.3 Å². The number of carbonyl (C=O) groups excluding carboxylic acids is 2. The molecule has 202 valence electrons. The molecule has 0 aromatic heterocycles. The van der Waals surface area contributed by atoms with Crippen molar-refractivity contribution in [1.82, 2.24) is 10.6 Å². The van der Waals surface area contributed by atoms with Gasteiger partial charge in [0.05, 0.1) is 0 Å². The summed E-state index contributed by atoms with van der Waals surface area (Å²) in [7, 11) is 0. The minimum Gasteiger partial charge on any atom is -0.396 e. The van der Waals surface area contributed by atoms with E-state index in [0.29, 0.717) is 32.4 Å². The highest BCUT2D eigenvalue weighted by molar-refractivity contribution is 5.76. The van der Waals surface area contributed by atoms with Gasteiger partial charge in [-0.05, 0) is 32.1 Å². The Morgan fingerprint density at radius 2 is 0.971 bits per heavy atom. The Hall–Kier alpha value is -1.14. The topological polar surface area (TPSA) is 87.7 Å². The first-order valence-electron chi connectivity index (χ1n) is 14.4. The smallest absolute Gasteiger partial charge is 0.219 e. The summed E-state index contributed by atoms with van der Waals surface area (Å²) < 4.78 is 5.69. The first-order valence-corrected chi connectivity index (χ1v) is 14.4. The highest BCUT2D eigenvalue weighted by Crippen LogP contribution is 2.11. The number of hydrogen-bond donors (Lipinski definition) is 3. The van der Waals surface area contributed by atoms with Gasteiger partial charge in [-0.25, -0.2) is 0 Å². The summed E-state index contributed by atoms with van der Waals surface area (Å²) >= 11 is 0.